The van der Waals surface area contributed by atoms with Crippen molar-refractivity contribution in [3.05, 3.63) is 66.2 Å². The molecule has 0 heterocycles. The molecule has 5 heteroatoms. The Labute approximate surface area is 146 Å². The zero-order valence-corrected chi connectivity index (χ0v) is 15.5. The SMILES string of the molecule is CC[N+](CC)(CC)Cc1ccccc1.O=S(=O)([O-])c1ccccc1. The molecule has 0 saturated heterocycles. The van der Waals surface area contributed by atoms with E-state index in [9.17, 15) is 13.0 Å². The van der Waals surface area contributed by atoms with Gasteiger partial charge in [-0.3, -0.25) is 0 Å². The van der Waals surface area contributed by atoms with Gasteiger partial charge in [-0.2, -0.15) is 0 Å². The third-order valence-corrected chi connectivity index (χ3v) is 5.25. The van der Waals surface area contributed by atoms with E-state index in [4.69, 9.17) is 0 Å². The summed E-state index contributed by atoms with van der Waals surface area (Å²) < 4.78 is 32.0. The smallest absolute Gasteiger partial charge is 0.124 e. The van der Waals surface area contributed by atoms with Crippen molar-refractivity contribution in [2.75, 3.05) is 19.6 Å². The third-order valence-electron chi connectivity index (χ3n) is 4.41. The first-order valence-electron chi connectivity index (χ1n) is 8.27. The third kappa shape index (κ3) is 6.43. The molecule has 4 nitrogen and oxygen atoms in total. The second kappa shape index (κ2) is 9.57. The van der Waals surface area contributed by atoms with Crippen LogP contribution in [0.25, 0.3) is 0 Å². The number of quaternary nitrogens is 1. The highest BCUT2D eigenvalue weighted by Crippen LogP contribution is 2.13. The Morgan fingerprint density at radius 3 is 1.54 bits per heavy atom. The fraction of sp³-hybridized carbons (Fsp3) is 0.368. The molecule has 0 atom stereocenters. The van der Waals surface area contributed by atoms with E-state index in [2.05, 4.69) is 51.1 Å². The van der Waals surface area contributed by atoms with E-state index in [1.165, 1.54) is 60.5 Å². The molecule has 0 N–H and O–H groups in total. The van der Waals surface area contributed by atoms with Crippen molar-refractivity contribution < 1.29 is 17.5 Å². The lowest BCUT2D eigenvalue weighted by Gasteiger charge is -2.35. The van der Waals surface area contributed by atoms with E-state index >= 15 is 0 Å². The largest absolute Gasteiger partial charge is 0.744 e. The van der Waals surface area contributed by atoms with Crippen LogP contribution >= 0.6 is 0 Å². The van der Waals surface area contributed by atoms with Gasteiger partial charge in [0.1, 0.15) is 16.7 Å². The van der Waals surface area contributed by atoms with E-state index in [0.29, 0.717) is 0 Å². The van der Waals surface area contributed by atoms with Crippen LogP contribution in [-0.2, 0) is 16.7 Å². The minimum absolute atomic E-state index is 0.185. The molecule has 0 aliphatic heterocycles. The molecule has 2 aromatic rings. The van der Waals surface area contributed by atoms with Gasteiger partial charge < -0.3 is 9.04 Å². The normalized spacial score (nSPS) is 11.5. The molecule has 0 aliphatic carbocycles. The number of hydrogen-bond donors (Lipinski definition) is 0. The van der Waals surface area contributed by atoms with Crippen LogP contribution in [0.15, 0.2) is 65.6 Å². The first-order valence-corrected chi connectivity index (χ1v) is 9.67. The molecule has 24 heavy (non-hydrogen) atoms. The fourth-order valence-corrected chi connectivity index (χ4v) is 3.05. The van der Waals surface area contributed by atoms with Gasteiger partial charge in [0.25, 0.3) is 0 Å². The maximum Gasteiger partial charge on any atom is 0.124 e. The van der Waals surface area contributed by atoms with Crippen LogP contribution in [0.4, 0.5) is 0 Å². The summed E-state index contributed by atoms with van der Waals surface area (Å²) >= 11 is 0. The van der Waals surface area contributed by atoms with Gasteiger partial charge in [0.2, 0.25) is 0 Å². The Kier molecular flexibility index (Phi) is 8.11. The molecule has 0 unspecified atom stereocenters. The summed E-state index contributed by atoms with van der Waals surface area (Å²) in [5, 5.41) is 0. The van der Waals surface area contributed by atoms with E-state index < -0.39 is 10.1 Å². The van der Waals surface area contributed by atoms with Crippen LogP contribution < -0.4 is 0 Å². The van der Waals surface area contributed by atoms with E-state index in [1.54, 1.807) is 6.07 Å². The first-order chi connectivity index (χ1) is 11.4. The van der Waals surface area contributed by atoms with Crippen LogP contribution in [0.5, 0.6) is 0 Å². The van der Waals surface area contributed by atoms with Gasteiger partial charge in [0, 0.05) is 5.56 Å². The summed E-state index contributed by atoms with van der Waals surface area (Å²) in [4.78, 5) is -0.185. The minimum atomic E-state index is -4.25. The number of nitrogens with zero attached hydrogens (tertiary/aromatic N) is 1. The summed E-state index contributed by atoms with van der Waals surface area (Å²) in [5.41, 5.74) is 1.46. The van der Waals surface area contributed by atoms with Gasteiger partial charge in [-0.1, -0.05) is 48.5 Å². The second-order valence-electron chi connectivity index (χ2n) is 5.70. The Bertz CT molecular complexity index is 673. The lowest BCUT2D eigenvalue weighted by atomic mass is 10.2. The molecule has 0 amide bonds. The topological polar surface area (TPSA) is 57.2 Å². The van der Waals surface area contributed by atoms with Crippen LogP contribution in [-0.4, -0.2) is 37.1 Å². The molecule has 2 rings (SSSR count). The zero-order valence-electron chi connectivity index (χ0n) is 14.7. The summed E-state index contributed by atoms with van der Waals surface area (Å²) in [5.74, 6) is 0. The predicted molar refractivity (Wildman–Crippen MR) is 96.4 cm³/mol. The van der Waals surface area contributed by atoms with E-state index in [1.807, 2.05) is 0 Å². The van der Waals surface area contributed by atoms with Crippen LogP contribution in [0, 0.1) is 0 Å². The molecule has 0 bridgehead atoms. The highest BCUT2D eigenvalue weighted by Gasteiger charge is 2.20. The number of benzene rings is 2. The molecule has 132 valence electrons. The second-order valence-corrected chi connectivity index (χ2v) is 7.08. The molecular weight excluding hydrogens is 322 g/mol. The molecule has 0 fully saturated rings. The van der Waals surface area contributed by atoms with Gasteiger partial charge in [0.05, 0.1) is 24.5 Å². The standard InChI is InChI=1S/C13H22N.C6H6O3S/c1-4-14(5-2,6-3)12-13-10-8-7-9-11-13;7-10(8,9)6-4-2-1-3-5-6/h7-11H,4-6,12H2,1-3H3;1-5H,(H,7,8,9)/q+1;/p-1. The Morgan fingerprint density at radius 2 is 1.21 bits per heavy atom. The van der Waals surface area contributed by atoms with E-state index in [0.717, 1.165) is 0 Å². The van der Waals surface area contributed by atoms with Crippen molar-refractivity contribution in [2.24, 2.45) is 0 Å². The van der Waals surface area contributed by atoms with Crippen molar-refractivity contribution in [1.82, 2.24) is 0 Å². The predicted octanol–water partition coefficient (Wildman–Crippen LogP) is 3.65. The van der Waals surface area contributed by atoms with Crippen LogP contribution in [0.3, 0.4) is 0 Å². The van der Waals surface area contributed by atoms with E-state index in [-0.39, 0.29) is 4.90 Å². The summed E-state index contributed by atoms with van der Waals surface area (Å²) in [7, 11) is -4.25. The van der Waals surface area contributed by atoms with Crippen LogP contribution in [0.2, 0.25) is 0 Å². The lowest BCUT2D eigenvalue weighted by molar-refractivity contribution is -0.936. The Hall–Kier alpha value is -1.69. The average Bonchev–Trinajstić information content (AvgIpc) is 2.61. The van der Waals surface area contributed by atoms with Crippen molar-refractivity contribution in [3.8, 4) is 0 Å². The first kappa shape index (κ1) is 20.4. The van der Waals surface area contributed by atoms with Gasteiger partial charge in [-0.25, -0.2) is 8.42 Å². The highest BCUT2D eigenvalue weighted by atomic mass is 32.2. The van der Waals surface area contributed by atoms with Crippen LogP contribution in [0.1, 0.15) is 26.3 Å². The van der Waals surface area contributed by atoms with Gasteiger partial charge >= 0.3 is 0 Å². The molecule has 2 aromatic carbocycles. The molecular formula is C19H27NO3S. The molecule has 0 saturated carbocycles. The quantitative estimate of drug-likeness (QED) is 0.591. The van der Waals surface area contributed by atoms with Crippen molar-refractivity contribution in [2.45, 2.75) is 32.2 Å². The molecule has 0 aliphatic rings. The van der Waals surface area contributed by atoms with Gasteiger partial charge in [-0.05, 0) is 32.9 Å². The Morgan fingerprint density at radius 1 is 0.792 bits per heavy atom. The summed E-state index contributed by atoms with van der Waals surface area (Å²) in [6.45, 7) is 11.7. The maximum absolute atomic E-state index is 10.3. The molecule has 0 radical (unpaired) electrons. The van der Waals surface area contributed by atoms with Crippen molar-refractivity contribution in [3.63, 3.8) is 0 Å². The lowest BCUT2D eigenvalue weighted by Crippen LogP contribution is -2.46. The highest BCUT2D eigenvalue weighted by molar-refractivity contribution is 7.85. The monoisotopic (exact) mass is 349 g/mol. The summed E-state index contributed by atoms with van der Waals surface area (Å²) in [6.07, 6.45) is 0. The van der Waals surface area contributed by atoms with Gasteiger partial charge in [0.15, 0.2) is 0 Å². The average molecular weight is 349 g/mol. The fourth-order valence-electron chi connectivity index (χ4n) is 2.56. The molecule has 0 spiro atoms. The van der Waals surface area contributed by atoms with Crippen molar-refractivity contribution in [1.29, 1.82) is 0 Å². The number of rotatable bonds is 6. The summed E-state index contributed by atoms with van der Waals surface area (Å²) in [6, 6.07) is 18.0. The Balaban J connectivity index is 0.000000254. The zero-order chi connectivity index (χ0) is 18.1. The molecule has 0 aromatic heterocycles. The minimum Gasteiger partial charge on any atom is -0.744 e. The number of hydrogen-bond acceptors (Lipinski definition) is 3. The maximum atomic E-state index is 10.3. The van der Waals surface area contributed by atoms with Crippen molar-refractivity contribution >= 4 is 10.1 Å². The van der Waals surface area contributed by atoms with Gasteiger partial charge in [-0.15, -0.1) is 0 Å².